The van der Waals surface area contributed by atoms with Crippen molar-refractivity contribution in [1.29, 1.82) is 0 Å². The second-order valence-corrected chi connectivity index (χ2v) is 6.59. The first-order chi connectivity index (χ1) is 12.6. The van der Waals surface area contributed by atoms with Gasteiger partial charge >= 0.3 is 0 Å². The summed E-state index contributed by atoms with van der Waals surface area (Å²) in [7, 11) is 5.13. The fourth-order valence-corrected chi connectivity index (χ4v) is 2.57. The molecule has 152 valence electrons. The molecule has 2 N–H and O–H groups in total. The number of guanidine groups is 1. The highest BCUT2D eigenvalue weighted by molar-refractivity contribution is 14.0. The lowest BCUT2D eigenvalue weighted by atomic mass is 10.1. The predicted octanol–water partition coefficient (Wildman–Crippen LogP) is 1.52. The number of hydrogen-bond donors (Lipinski definition) is 2. The van der Waals surface area contributed by atoms with Gasteiger partial charge in [0.15, 0.2) is 5.96 Å². The first kappa shape index (κ1) is 23.5. The van der Waals surface area contributed by atoms with E-state index in [0.717, 1.165) is 44.9 Å². The highest BCUT2D eigenvalue weighted by Crippen LogP contribution is 2.11. The number of nitrogens with zero attached hydrogens (tertiary/aromatic N) is 2. The average Bonchev–Trinajstić information content (AvgIpc) is 3.17. The van der Waals surface area contributed by atoms with Crippen LogP contribution >= 0.6 is 24.0 Å². The van der Waals surface area contributed by atoms with Crippen molar-refractivity contribution in [1.82, 2.24) is 15.5 Å². The third kappa shape index (κ3) is 8.79. The molecule has 0 aromatic heterocycles. The Morgan fingerprint density at radius 3 is 2.63 bits per heavy atom. The van der Waals surface area contributed by atoms with Crippen molar-refractivity contribution in [2.75, 3.05) is 54.1 Å². The summed E-state index contributed by atoms with van der Waals surface area (Å²) in [5.74, 6) is 1.99. The highest BCUT2D eigenvalue weighted by atomic mass is 127. The zero-order valence-corrected chi connectivity index (χ0v) is 18.7. The van der Waals surface area contributed by atoms with Gasteiger partial charge in [0.2, 0.25) is 5.91 Å². The summed E-state index contributed by atoms with van der Waals surface area (Å²) in [5.41, 5.74) is 1.21. The number of benzene rings is 1. The first-order valence-corrected chi connectivity index (χ1v) is 9.01. The Kier molecular flexibility index (Phi) is 11.1. The second kappa shape index (κ2) is 12.8. The summed E-state index contributed by atoms with van der Waals surface area (Å²) in [6.45, 7) is 3.26. The Bertz CT molecular complexity index is 587. The molecule has 1 aromatic carbocycles. The van der Waals surface area contributed by atoms with Crippen LogP contribution in [-0.2, 0) is 16.0 Å². The van der Waals surface area contributed by atoms with Gasteiger partial charge in [-0.15, -0.1) is 24.0 Å². The number of carbonyl (C=O) groups is 1. The number of hydrogen-bond acceptors (Lipinski definition) is 4. The van der Waals surface area contributed by atoms with Crippen LogP contribution < -0.4 is 15.4 Å². The number of nitrogens with one attached hydrogen (secondary N) is 2. The zero-order valence-electron chi connectivity index (χ0n) is 16.4. The van der Waals surface area contributed by atoms with Crippen LogP contribution in [0.4, 0.5) is 0 Å². The van der Waals surface area contributed by atoms with E-state index in [-0.39, 0.29) is 36.4 Å². The molecule has 0 radical (unpaired) electrons. The fraction of sp³-hybridized carbons (Fsp3) is 0.579. The minimum Gasteiger partial charge on any atom is -0.497 e. The van der Waals surface area contributed by atoms with Crippen LogP contribution in [0, 0.1) is 5.92 Å². The molecule has 1 aromatic rings. The van der Waals surface area contributed by atoms with Crippen LogP contribution in [0.5, 0.6) is 5.75 Å². The van der Waals surface area contributed by atoms with Gasteiger partial charge in [-0.25, -0.2) is 4.99 Å². The van der Waals surface area contributed by atoms with Crippen molar-refractivity contribution in [3.8, 4) is 5.75 Å². The molecule has 8 heteroatoms. The summed E-state index contributed by atoms with van der Waals surface area (Å²) in [5, 5.41) is 6.64. The Balaban J connectivity index is 0.00000364. The summed E-state index contributed by atoms with van der Waals surface area (Å²) >= 11 is 0. The topological polar surface area (TPSA) is 75.2 Å². The predicted molar refractivity (Wildman–Crippen MR) is 118 cm³/mol. The van der Waals surface area contributed by atoms with Gasteiger partial charge < -0.3 is 25.0 Å². The molecule has 1 aliphatic heterocycles. The smallest absolute Gasteiger partial charge is 0.243 e. The van der Waals surface area contributed by atoms with Gasteiger partial charge in [-0.3, -0.25) is 4.79 Å². The van der Waals surface area contributed by atoms with E-state index in [2.05, 4.69) is 27.8 Å². The average molecular weight is 490 g/mol. The van der Waals surface area contributed by atoms with E-state index in [9.17, 15) is 4.79 Å². The molecule has 7 nitrogen and oxygen atoms in total. The molecule has 1 amide bonds. The van der Waals surface area contributed by atoms with Gasteiger partial charge in [0.05, 0.1) is 13.7 Å². The second-order valence-electron chi connectivity index (χ2n) is 6.59. The Morgan fingerprint density at radius 1 is 1.30 bits per heavy atom. The molecule has 1 heterocycles. The maximum Gasteiger partial charge on any atom is 0.243 e. The van der Waals surface area contributed by atoms with Crippen LogP contribution in [0.15, 0.2) is 29.3 Å². The van der Waals surface area contributed by atoms with Crippen molar-refractivity contribution < 1.29 is 14.3 Å². The van der Waals surface area contributed by atoms with E-state index in [4.69, 9.17) is 9.47 Å². The highest BCUT2D eigenvalue weighted by Gasteiger charge is 2.16. The lowest BCUT2D eigenvalue weighted by molar-refractivity contribution is -0.127. The van der Waals surface area contributed by atoms with Crippen molar-refractivity contribution in [2.24, 2.45) is 10.9 Å². The number of ether oxygens (including phenoxy) is 2. The van der Waals surface area contributed by atoms with Crippen LogP contribution in [-0.4, -0.2) is 70.8 Å². The van der Waals surface area contributed by atoms with Crippen molar-refractivity contribution in [2.45, 2.75) is 12.8 Å². The number of carbonyl (C=O) groups excluding carboxylic acids is 1. The SMILES string of the molecule is COc1ccc(CCNC(=NCC(=O)N(C)C)NCC2CCOC2)cc1.I. The van der Waals surface area contributed by atoms with Crippen molar-refractivity contribution in [3.05, 3.63) is 29.8 Å². The number of likely N-dealkylation sites (N-methyl/N-ethyl adjacent to an activating group) is 1. The Morgan fingerprint density at radius 2 is 2.04 bits per heavy atom. The maximum absolute atomic E-state index is 11.8. The molecule has 1 fully saturated rings. The summed E-state index contributed by atoms with van der Waals surface area (Å²) in [4.78, 5) is 17.7. The number of aliphatic imine (C=N–C) groups is 1. The molecule has 1 unspecified atom stereocenters. The molecule has 0 aliphatic carbocycles. The molecule has 2 rings (SSSR count). The molecule has 27 heavy (non-hydrogen) atoms. The van der Waals surface area contributed by atoms with E-state index in [0.29, 0.717) is 11.9 Å². The quantitative estimate of drug-likeness (QED) is 0.329. The minimum absolute atomic E-state index is 0. The van der Waals surface area contributed by atoms with Crippen LogP contribution in [0.2, 0.25) is 0 Å². The van der Waals surface area contributed by atoms with E-state index in [1.807, 2.05) is 12.1 Å². The molecule has 0 spiro atoms. The van der Waals surface area contributed by atoms with Crippen molar-refractivity contribution >= 4 is 35.8 Å². The van der Waals surface area contributed by atoms with E-state index in [1.54, 1.807) is 26.1 Å². The molecule has 1 saturated heterocycles. The largest absolute Gasteiger partial charge is 0.497 e. The standard InChI is InChI=1S/C19H30N4O3.HI/c1-23(2)18(24)13-22-19(21-12-16-9-11-26-14-16)20-10-8-15-4-6-17(25-3)7-5-15;/h4-7,16H,8-14H2,1-3H3,(H2,20,21,22);1H. The van der Waals surface area contributed by atoms with Gasteiger partial charge in [-0.2, -0.15) is 0 Å². The van der Waals surface area contributed by atoms with E-state index in [1.165, 1.54) is 5.56 Å². The van der Waals surface area contributed by atoms with Gasteiger partial charge in [-0.1, -0.05) is 12.1 Å². The van der Waals surface area contributed by atoms with Crippen LogP contribution in [0.3, 0.4) is 0 Å². The zero-order chi connectivity index (χ0) is 18.8. The summed E-state index contributed by atoms with van der Waals surface area (Å²) in [6, 6.07) is 8.02. The molecular formula is C19H31IN4O3. The fourth-order valence-electron chi connectivity index (χ4n) is 2.57. The summed E-state index contributed by atoms with van der Waals surface area (Å²) in [6.07, 6.45) is 1.92. The number of amides is 1. The van der Waals surface area contributed by atoms with E-state index < -0.39 is 0 Å². The lowest BCUT2D eigenvalue weighted by Gasteiger charge is -2.16. The number of rotatable bonds is 8. The van der Waals surface area contributed by atoms with Crippen molar-refractivity contribution in [3.63, 3.8) is 0 Å². The third-order valence-electron chi connectivity index (χ3n) is 4.32. The Labute approximate surface area is 178 Å². The maximum atomic E-state index is 11.8. The number of halogens is 1. The lowest BCUT2D eigenvalue weighted by Crippen LogP contribution is -2.41. The molecular weight excluding hydrogens is 459 g/mol. The summed E-state index contributed by atoms with van der Waals surface area (Å²) < 4.78 is 10.6. The van der Waals surface area contributed by atoms with Gasteiger partial charge in [-0.05, 0) is 30.5 Å². The monoisotopic (exact) mass is 490 g/mol. The normalized spacial score (nSPS) is 16.4. The minimum atomic E-state index is -0.0227. The van der Waals surface area contributed by atoms with Crippen LogP contribution in [0.25, 0.3) is 0 Å². The van der Waals surface area contributed by atoms with Gasteiger partial charge in [0, 0.05) is 39.7 Å². The number of methoxy groups -OCH3 is 1. The van der Waals surface area contributed by atoms with Gasteiger partial charge in [0.1, 0.15) is 12.3 Å². The van der Waals surface area contributed by atoms with Gasteiger partial charge in [0.25, 0.3) is 0 Å². The Hall–Kier alpha value is -1.55. The molecule has 1 atom stereocenters. The third-order valence-corrected chi connectivity index (χ3v) is 4.32. The molecule has 0 saturated carbocycles. The molecule has 1 aliphatic rings. The first-order valence-electron chi connectivity index (χ1n) is 9.01. The molecule has 0 bridgehead atoms. The van der Waals surface area contributed by atoms with E-state index >= 15 is 0 Å². The van der Waals surface area contributed by atoms with Crippen LogP contribution in [0.1, 0.15) is 12.0 Å².